The first-order chi connectivity index (χ1) is 10.5. The normalized spacial score (nSPS) is 24.7. The molecule has 1 amide bonds. The Kier molecular flexibility index (Phi) is 4.62. The summed E-state index contributed by atoms with van der Waals surface area (Å²) >= 11 is 0. The number of ether oxygens (including phenoxy) is 1. The molecule has 0 spiro atoms. The lowest BCUT2D eigenvalue weighted by Crippen LogP contribution is -2.55. The summed E-state index contributed by atoms with van der Waals surface area (Å²) in [4.78, 5) is 13.2. The first-order valence-corrected chi connectivity index (χ1v) is 7.20. The molecule has 0 aromatic rings. The molecule has 4 nitrogen and oxygen atoms in total. The molecule has 2 rings (SSSR count). The second-order valence-electron chi connectivity index (χ2n) is 6.15. The maximum absolute atomic E-state index is 13.1. The molecule has 0 unspecified atom stereocenters. The lowest BCUT2D eigenvalue weighted by Gasteiger charge is -2.39. The van der Waals surface area contributed by atoms with Crippen molar-refractivity contribution in [2.75, 3.05) is 32.8 Å². The summed E-state index contributed by atoms with van der Waals surface area (Å²) in [6, 6.07) is 0. The van der Waals surface area contributed by atoms with Gasteiger partial charge in [-0.1, -0.05) is 0 Å². The third-order valence-electron chi connectivity index (χ3n) is 4.94. The van der Waals surface area contributed by atoms with Gasteiger partial charge in [-0.15, -0.1) is 0 Å². The molecule has 2 fully saturated rings. The zero-order valence-electron chi connectivity index (χ0n) is 12.3. The molecule has 0 radical (unpaired) electrons. The summed E-state index contributed by atoms with van der Waals surface area (Å²) in [6.45, 7) is -1.69. The van der Waals surface area contributed by atoms with Crippen LogP contribution in [-0.4, -0.2) is 56.0 Å². The van der Waals surface area contributed by atoms with Crippen molar-refractivity contribution in [3.8, 4) is 0 Å². The first kappa shape index (κ1) is 18.3. The lowest BCUT2D eigenvalue weighted by atomic mass is 9.78. The van der Waals surface area contributed by atoms with Crippen LogP contribution in [0.4, 0.5) is 26.3 Å². The molecular weight excluding hydrogens is 330 g/mol. The number of nitrogens with two attached hydrogens (primary N) is 1. The molecule has 2 heterocycles. The smallest absolute Gasteiger partial charge is 0.381 e. The molecule has 0 bridgehead atoms. The quantitative estimate of drug-likeness (QED) is 0.778. The van der Waals surface area contributed by atoms with Gasteiger partial charge in [-0.2, -0.15) is 26.3 Å². The van der Waals surface area contributed by atoms with Gasteiger partial charge in [0.15, 0.2) is 5.41 Å². The summed E-state index contributed by atoms with van der Waals surface area (Å²) in [5.41, 5.74) is 0.601. The molecule has 0 aromatic carbocycles. The monoisotopic (exact) mass is 348 g/mol. The van der Waals surface area contributed by atoms with Crippen molar-refractivity contribution in [1.29, 1.82) is 0 Å². The van der Waals surface area contributed by atoms with E-state index in [2.05, 4.69) is 0 Å². The Morgan fingerprint density at radius 3 is 1.96 bits per heavy atom. The first-order valence-electron chi connectivity index (χ1n) is 7.20. The number of nitrogens with zero attached hydrogens (tertiary/aromatic N) is 1. The molecule has 0 saturated carbocycles. The molecule has 23 heavy (non-hydrogen) atoms. The SMILES string of the molecule is NCC1(C(=O)N2CCC(C(F)(F)F)(C(F)(F)F)C2)CCOCC1. The van der Waals surface area contributed by atoms with Crippen LogP contribution in [0, 0.1) is 10.8 Å². The molecule has 2 N–H and O–H groups in total. The van der Waals surface area contributed by atoms with Crippen molar-refractivity contribution >= 4 is 5.91 Å². The molecule has 0 atom stereocenters. The second kappa shape index (κ2) is 5.80. The van der Waals surface area contributed by atoms with Gasteiger partial charge >= 0.3 is 12.4 Å². The van der Waals surface area contributed by atoms with Crippen molar-refractivity contribution < 1.29 is 35.9 Å². The van der Waals surface area contributed by atoms with Crippen LogP contribution in [0.25, 0.3) is 0 Å². The number of alkyl halides is 6. The van der Waals surface area contributed by atoms with Crippen molar-refractivity contribution in [3.63, 3.8) is 0 Å². The summed E-state index contributed by atoms with van der Waals surface area (Å²) in [7, 11) is 0. The van der Waals surface area contributed by atoms with Crippen LogP contribution in [0.2, 0.25) is 0 Å². The summed E-state index contributed by atoms with van der Waals surface area (Å²) in [5.74, 6) is -0.737. The van der Waals surface area contributed by atoms with E-state index in [-0.39, 0.29) is 32.6 Å². The Morgan fingerprint density at radius 2 is 1.57 bits per heavy atom. The predicted octanol–water partition coefficient (Wildman–Crippen LogP) is 2.09. The molecule has 134 valence electrons. The summed E-state index contributed by atoms with van der Waals surface area (Å²) in [6.07, 6.45) is -11.7. The minimum atomic E-state index is -5.47. The van der Waals surface area contributed by atoms with E-state index in [9.17, 15) is 31.1 Å². The minimum absolute atomic E-state index is 0.128. The molecule has 2 aliphatic heterocycles. The molecular formula is C13H18F6N2O2. The van der Waals surface area contributed by atoms with Crippen LogP contribution in [0.1, 0.15) is 19.3 Å². The van der Waals surface area contributed by atoms with Crippen LogP contribution in [0.15, 0.2) is 0 Å². The van der Waals surface area contributed by atoms with Crippen LogP contribution in [0.5, 0.6) is 0 Å². The molecule has 10 heteroatoms. The largest absolute Gasteiger partial charge is 0.404 e. The van der Waals surface area contributed by atoms with Crippen LogP contribution in [0.3, 0.4) is 0 Å². The standard InChI is InChI=1S/C13H18F6N2O2/c14-12(15,16)11(13(17,18)19)1-4-21(8-11)9(22)10(7-20)2-5-23-6-3-10/h1-8,20H2. The van der Waals surface area contributed by atoms with Gasteiger partial charge in [-0.05, 0) is 19.3 Å². The van der Waals surface area contributed by atoms with Gasteiger partial charge < -0.3 is 15.4 Å². The maximum atomic E-state index is 13.1. The van der Waals surface area contributed by atoms with Crippen molar-refractivity contribution in [3.05, 3.63) is 0 Å². The van der Waals surface area contributed by atoms with E-state index in [0.29, 0.717) is 4.90 Å². The highest BCUT2D eigenvalue weighted by atomic mass is 19.4. The highest BCUT2D eigenvalue weighted by molar-refractivity contribution is 5.83. The number of carbonyl (C=O) groups excluding carboxylic acids is 1. The maximum Gasteiger partial charge on any atom is 0.404 e. The van der Waals surface area contributed by atoms with Crippen molar-refractivity contribution in [2.45, 2.75) is 31.6 Å². The number of likely N-dealkylation sites (tertiary alicyclic amines) is 1. The fraction of sp³-hybridized carbons (Fsp3) is 0.923. The van der Waals surface area contributed by atoms with E-state index in [1.807, 2.05) is 0 Å². The zero-order valence-corrected chi connectivity index (χ0v) is 12.3. The molecule has 0 aliphatic carbocycles. The van der Waals surface area contributed by atoms with E-state index in [1.165, 1.54) is 0 Å². The summed E-state index contributed by atoms with van der Waals surface area (Å²) in [5, 5.41) is 0. The Labute approximate surface area is 128 Å². The third-order valence-corrected chi connectivity index (χ3v) is 4.94. The van der Waals surface area contributed by atoms with Gasteiger partial charge in [-0.25, -0.2) is 0 Å². The number of amides is 1. The van der Waals surface area contributed by atoms with Gasteiger partial charge in [0.2, 0.25) is 5.91 Å². The lowest BCUT2D eigenvalue weighted by molar-refractivity contribution is -0.335. The van der Waals surface area contributed by atoms with E-state index in [1.54, 1.807) is 0 Å². The fourth-order valence-electron chi connectivity index (χ4n) is 3.21. The third kappa shape index (κ3) is 2.90. The molecule has 2 aliphatic rings. The van der Waals surface area contributed by atoms with Gasteiger partial charge in [0.25, 0.3) is 0 Å². The van der Waals surface area contributed by atoms with Crippen molar-refractivity contribution in [2.24, 2.45) is 16.6 Å². The van der Waals surface area contributed by atoms with Gasteiger partial charge in [0.05, 0.1) is 5.41 Å². The topological polar surface area (TPSA) is 55.6 Å². The average molecular weight is 348 g/mol. The highest BCUT2D eigenvalue weighted by Crippen LogP contribution is 2.56. The number of hydrogen-bond acceptors (Lipinski definition) is 3. The second-order valence-corrected chi connectivity index (χ2v) is 6.15. The van der Waals surface area contributed by atoms with E-state index >= 15 is 0 Å². The Morgan fingerprint density at radius 1 is 1.04 bits per heavy atom. The highest BCUT2D eigenvalue weighted by Gasteiger charge is 2.73. The van der Waals surface area contributed by atoms with E-state index < -0.39 is 48.6 Å². The Hall–Kier alpha value is -1.03. The zero-order chi connectivity index (χ0) is 17.5. The van der Waals surface area contributed by atoms with Crippen LogP contribution >= 0.6 is 0 Å². The average Bonchev–Trinajstić information content (AvgIpc) is 2.93. The molecule has 0 aromatic heterocycles. The van der Waals surface area contributed by atoms with Crippen molar-refractivity contribution in [1.82, 2.24) is 4.90 Å². The van der Waals surface area contributed by atoms with Gasteiger partial charge in [0, 0.05) is 32.8 Å². The minimum Gasteiger partial charge on any atom is -0.381 e. The Balaban J connectivity index is 2.25. The number of rotatable bonds is 2. The van der Waals surface area contributed by atoms with Gasteiger partial charge in [-0.3, -0.25) is 4.79 Å². The van der Waals surface area contributed by atoms with Crippen LogP contribution in [-0.2, 0) is 9.53 Å². The summed E-state index contributed by atoms with van der Waals surface area (Å²) < 4.78 is 83.5. The fourth-order valence-corrected chi connectivity index (χ4v) is 3.21. The van der Waals surface area contributed by atoms with E-state index in [4.69, 9.17) is 10.5 Å². The van der Waals surface area contributed by atoms with E-state index in [0.717, 1.165) is 0 Å². The Bertz CT molecular complexity index is 442. The number of hydrogen-bond donors (Lipinski definition) is 1. The van der Waals surface area contributed by atoms with Gasteiger partial charge in [0.1, 0.15) is 0 Å². The number of carbonyl (C=O) groups is 1. The van der Waals surface area contributed by atoms with Crippen LogP contribution < -0.4 is 5.73 Å². The predicted molar refractivity (Wildman–Crippen MR) is 67.3 cm³/mol. The number of halogens is 6. The molecule has 2 saturated heterocycles.